The highest BCUT2D eigenvalue weighted by Gasteiger charge is 2.39. The van der Waals surface area contributed by atoms with E-state index in [4.69, 9.17) is 9.47 Å². The number of rotatable bonds is 9. The molecule has 2 aromatic carbocycles. The van der Waals surface area contributed by atoms with E-state index in [0.717, 1.165) is 36.4 Å². The molecule has 2 aromatic rings. The minimum Gasteiger partial charge on any atom is -0.504 e. The molecule has 0 spiro atoms. The molecule has 0 aromatic heterocycles. The number of benzene rings is 2. The molecule has 4 rings (SSSR count). The van der Waals surface area contributed by atoms with Gasteiger partial charge in [-0.05, 0) is 48.6 Å². The second-order valence-electron chi connectivity index (χ2n) is 8.39. The topological polar surface area (TPSA) is 50.7 Å². The van der Waals surface area contributed by atoms with Crippen LogP contribution in [0.3, 0.4) is 0 Å². The summed E-state index contributed by atoms with van der Waals surface area (Å²) in [4.78, 5) is 0. The molecule has 1 aliphatic carbocycles. The number of unbranched alkanes of at least 4 members (excludes halogenated alkanes) is 4. The third kappa shape index (κ3) is 4.14. The summed E-state index contributed by atoms with van der Waals surface area (Å²) < 4.78 is 11.4. The van der Waals surface area contributed by atoms with Crippen LogP contribution in [-0.4, -0.2) is 18.8 Å². The first-order valence-corrected chi connectivity index (χ1v) is 11.3. The molecule has 0 amide bonds. The molecular weight excluding hydrogens is 374 g/mol. The SMILES string of the molecule is CCCCCCCOc1ccc2c(c1)C1C=CCC1C(c1cccc(OC)c1O)N2. The third-order valence-electron chi connectivity index (χ3n) is 6.44. The summed E-state index contributed by atoms with van der Waals surface area (Å²) >= 11 is 0. The molecule has 0 fully saturated rings. The van der Waals surface area contributed by atoms with E-state index >= 15 is 0 Å². The van der Waals surface area contributed by atoms with E-state index in [1.165, 1.54) is 31.2 Å². The first-order valence-electron chi connectivity index (χ1n) is 11.3. The van der Waals surface area contributed by atoms with Gasteiger partial charge in [0.1, 0.15) is 5.75 Å². The molecule has 2 N–H and O–H groups in total. The van der Waals surface area contributed by atoms with Gasteiger partial charge in [-0.25, -0.2) is 0 Å². The van der Waals surface area contributed by atoms with Crippen molar-refractivity contribution in [3.8, 4) is 17.2 Å². The highest BCUT2D eigenvalue weighted by atomic mass is 16.5. The van der Waals surface area contributed by atoms with Crippen molar-refractivity contribution in [2.75, 3.05) is 19.0 Å². The summed E-state index contributed by atoms with van der Waals surface area (Å²) in [6.45, 7) is 3.02. The molecule has 0 saturated carbocycles. The van der Waals surface area contributed by atoms with Crippen LogP contribution in [0.1, 0.15) is 68.5 Å². The Morgan fingerprint density at radius 3 is 2.77 bits per heavy atom. The molecule has 3 atom stereocenters. The lowest BCUT2D eigenvalue weighted by Crippen LogP contribution is -2.29. The Kier molecular flexibility index (Phi) is 6.51. The Morgan fingerprint density at radius 2 is 1.93 bits per heavy atom. The number of fused-ring (bicyclic) bond motifs is 3. The zero-order chi connectivity index (χ0) is 20.9. The maximum atomic E-state index is 10.7. The number of hydrogen-bond acceptors (Lipinski definition) is 4. The first kappa shape index (κ1) is 20.6. The minimum absolute atomic E-state index is 0.0398. The Bertz CT molecular complexity index is 892. The van der Waals surface area contributed by atoms with E-state index in [2.05, 4.69) is 42.6 Å². The smallest absolute Gasteiger partial charge is 0.163 e. The van der Waals surface area contributed by atoms with Crippen LogP contribution in [-0.2, 0) is 0 Å². The second-order valence-corrected chi connectivity index (χ2v) is 8.39. The molecule has 4 nitrogen and oxygen atoms in total. The fourth-order valence-electron chi connectivity index (χ4n) is 4.82. The Balaban J connectivity index is 1.51. The van der Waals surface area contributed by atoms with Gasteiger partial charge in [-0.3, -0.25) is 0 Å². The quantitative estimate of drug-likeness (QED) is 0.364. The number of phenols is 1. The van der Waals surface area contributed by atoms with Gasteiger partial charge in [0.05, 0.1) is 19.8 Å². The summed E-state index contributed by atoms with van der Waals surface area (Å²) in [6, 6.07) is 12.1. The number of phenolic OH excluding ortho intramolecular Hbond substituents is 1. The van der Waals surface area contributed by atoms with Gasteiger partial charge in [-0.2, -0.15) is 0 Å². The van der Waals surface area contributed by atoms with Crippen LogP contribution in [0.4, 0.5) is 5.69 Å². The number of aromatic hydroxyl groups is 1. The van der Waals surface area contributed by atoms with Crippen molar-refractivity contribution in [1.82, 2.24) is 0 Å². The van der Waals surface area contributed by atoms with Crippen LogP contribution in [0.15, 0.2) is 48.6 Å². The lowest BCUT2D eigenvalue weighted by molar-refractivity contribution is 0.303. The molecular formula is C26H33NO3. The van der Waals surface area contributed by atoms with E-state index in [1.54, 1.807) is 13.2 Å². The Labute approximate surface area is 179 Å². The lowest BCUT2D eigenvalue weighted by Gasteiger charge is -2.38. The fraction of sp³-hybridized carbons (Fsp3) is 0.462. The van der Waals surface area contributed by atoms with Gasteiger partial charge < -0.3 is 19.9 Å². The molecule has 0 radical (unpaired) electrons. The lowest BCUT2D eigenvalue weighted by atomic mass is 9.76. The number of allylic oxidation sites excluding steroid dienone is 2. The third-order valence-corrected chi connectivity index (χ3v) is 6.44. The molecule has 3 unspecified atom stereocenters. The largest absolute Gasteiger partial charge is 0.504 e. The number of methoxy groups -OCH3 is 1. The van der Waals surface area contributed by atoms with E-state index < -0.39 is 0 Å². The number of anilines is 1. The van der Waals surface area contributed by atoms with Gasteiger partial charge in [-0.1, -0.05) is 56.9 Å². The van der Waals surface area contributed by atoms with Crippen LogP contribution < -0.4 is 14.8 Å². The molecule has 0 saturated heterocycles. The number of ether oxygens (including phenoxy) is 2. The fourth-order valence-corrected chi connectivity index (χ4v) is 4.82. The summed E-state index contributed by atoms with van der Waals surface area (Å²) in [5, 5.41) is 14.4. The molecule has 30 heavy (non-hydrogen) atoms. The van der Waals surface area contributed by atoms with Crippen LogP contribution in [0.25, 0.3) is 0 Å². The van der Waals surface area contributed by atoms with Crippen molar-refractivity contribution in [2.24, 2.45) is 5.92 Å². The van der Waals surface area contributed by atoms with Crippen molar-refractivity contribution in [2.45, 2.75) is 57.4 Å². The van der Waals surface area contributed by atoms with Crippen LogP contribution in [0, 0.1) is 5.92 Å². The average molecular weight is 408 g/mol. The zero-order valence-electron chi connectivity index (χ0n) is 18.1. The van der Waals surface area contributed by atoms with E-state index in [0.29, 0.717) is 17.6 Å². The highest BCUT2D eigenvalue weighted by Crippen LogP contribution is 2.52. The van der Waals surface area contributed by atoms with Crippen molar-refractivity contribution < 1.29 is 14.6 Å². The Hall–Kier alpha value is -2.62. The zero-order valence-corrected chi connectivity index (χ0v) is 18.1. The number of hydrogen-bond donors (Lipinski definition) is 2. The summed E-state index contributed by atoms with van der Waals surface area (Å²) in [5.41, 5.74) is 3.30. The molecule has 1 heterocycles. The highest BCUT2D eigenvalue weighted by molar-refractivity contribution is 5.63. The number of nitrogens with one attached hydrogen (secondary N) is 1. The van der Waals surface area contributed by atoms with E-state index in [1.807, 2.05) is 12.1 Å². The standard InChI is InChI=1S/C26H33NO3/c1-3-4-5-6-7-16-30-18-14-15-23-22(17-18)19-10-8-11-20(19)25(27-23)21-12-9-13-24(29-2)26(21)28/h8-10,12-15,17,19-20,25,27-28H,3-7,11,16H2,1-2H3. The normalized spacial score (nSPS) is 21.6. The van der Waals surface area contributed by atoms with Gasteiger partial charge in [0.2, 0.25) is 0 Å². The maximum absolute atomic E-state index is 10.7. The van der Waals surface area contributed by atoms with Crippen LogP contribution in [0.2, 0.25) is 0 Å². The number of para-hydroxylation sites is 1. The van der Waals surface area contributed by atoms with E-state index in [9.17, 15) is 5.11 Å². The average Bonchev–Trinajstić information content (AvgIpc) is 3.26. The van der Waals surface area contributed by atoms with Gasteiger partial charge >= 0.3 is 0 Å². The van der Waals surface area contributed by atoms with E-state index in [-0.39, 0.29) is 11.8 Å². The minimum atomic E-state index is 0.0398. The summed E-state index contributed by atoms with van der Waals surface area (Å²) in [7, 11) is 1.59. The van der Waals surface area contributed by atoms with Crippen LogP contribution in [0.5, 0.6) is 17.2 Å². The maximum Gasteiger partial charge on any atom is 0.163 e. The molecule has 2 aliphatic rings. The monoisotopic (exact) mass is 407 g/mol. The summed E-state index contributed by atoms with van der Waals surface area (Å²) in [6.07, 6.45) is 11.8. The molecule has 0 bridgehead atoms. The molecule has 1 aliphatic heterocycles. The molecule has 4 heteroatoms. The van der Waals surface area contributed by atoms with Crippen LogP contribution >= 0.6 is 0 Å². The van der Waals surface area contributed by atoms with Gasteiger partial charge in [0, 0.05) is 17.2 Å². The summed E-state index contributed by atoms with van der Waals surface area (Å²) in [5.74, 6) is 2.39. The van der Waals surface area contributed by atoms with Crippen molar-refractivity contribution in [3.05, 3.63) is 59.7 Å². The van der Waals surface area contributed by atoms with Gasteiger partial charge in [0.25, 0.3) is 0 Å². The molecule has 160 valence electrons. The van der Waals surface area contributed by atoms with Crippen molar-refractivity contribution >= 4 is 5.69 Å². The van der Waals surface area contributed by atoms with Crippen molar-refractivity contribution in [3.63, 3.8) is 0 Å². The predicted molar refractivity (Wildman–Crippen MR) is 122 cm³/mol. The first-order chi connectivity index (χ1) is 14.7. The van der Waals surface area contributed by atoms with Crippen molar-refractivity contribution in [1.29, 1.82) is 0 Å². The van der Waals surface area contributed by atoms with Gasteiger partial charge in [-0.15, -0.1) is 0 Å². The predicted octanol–water partition coefficient (Wildman–Crippen LogP) is 6.58. The van der Waals surface area contributed by atoms with Gasteiger partial charge in [0.15, 0.2) is 11.5 Å². The Morgan fingerprint density at radius 1 is 1.07 bits per heavy atom. The second kappa shape index (κ2) is 9.46.